The molecule has 0 spiro atoms. The molecule has 4 heteroatoms. The number of rotatable bonds is 1. The summed E-state index contributed by atoms with van der Waals surface area (Å²) in [7, 11) is 0.584. The minimum atomic E-state index is -0.952. The molecule has 0 amide bonds. The molecule has 0 rings (SSSR count). The van der Waals surface area contributed by atoms with Crippen molar-refractivity contribution in [3.63, 3.8) is 0 Å². The van der Waals surface area contributed by atoms with Crippen LogP contribution in [0.25, 0.3) is 0 Å². The van der Waals surface area contributed by atoms with Gasteiger partial charge >= 0.3 is 0 Å². The summed E-state index contributed by atoms with van der Waals surface area (Å²) in [6.45, 7) is 1.59. The van der Waals surface area contributed by atoms with Gasteiger partial charge in [0.15, 0.2) is 0 Å². The summed E-state index contributed by atoms with van der Waals surface area (Å²) in [5.74, 6) is 0. The van der Waals surface area contributed by atoms with Crippen molar-refractivity contribution in [1.82, 2.24) is 0 Å². The van der Waals surface area contributed by atoms with E-state index >= 15 is 0 Å². The van der Waals surface area contributed by atoms with Gasteiger partial charge in [-0.1, -0.05) is 23.2 Å². The number of hydrogen-bond donors (Lipinski definition) is 0. The molecule has 0 aliphatic rings. The van der Waals surface area contributed by atoms with Gasteiger partial charge in [0.1, 0.15) is 10.5 Å². The van der Waals surface area contributed by atoms with Gasteiger partial charge in [-0.2, -0.15) is 0 Å². The molecule has 1 nitrogen and oxygen atoms in total. The molecule has 6 heavy (non-hydrogen) atoms. The van der Waals surface area contributed by atoms with Crippen molar-refractivity contribution in [2.75, 3.05) is 0 Å². The van der Waals surface area contributed by atoms with Gasteiger partial charge in [-0.3, -0.25) is 0 Å². The molecule has 0 radical (unpaired) electrons. The third-order valence-electron chi connectivity index (χ3n) is 0.358. The Labute approximate surface area is 50.1 Å². The summed E-state index contributed by atoms with van der Waals surface area (Å²) < 4.78 is 3.66. The fourth-order valence-corrected chi connectivity index (χ4v) is 0. The topological polar surface area (TPSA) is 9.23 Å². The number of hydrogen-bond acceptors (Lipinski definition) is 1. The van der Waals surface area contributed by atoms with E-state index in [9.17, 15) is 0 Å². The Balaban J connectivity index is 3.17. The summed E-state index contributed by atoms with van der Waals surface area (Å²) in [4.78, 5) is 0. The highest BCUT2D eigenvalue weighted by Gasteiger charge is 2.10. The van der Waals surface area contributed by atoms with E-state index in [1.165, 1.54) is 0 Å². The summed E-state index contributed by atoms with van der Waals surface area (Å²) in [6, 6.07) is 0. The van der Waals surface area contributed by atoms with Crippen molar-refractivity contribution in [3.05, 3.63) is 0 Å². The number of halogens is 2. The largest absolute Gasteiger partial charge is 0.399 e. The minimum Gasteiger partial charge on any atom is -0.399 e. The van der Waals surface area contributed by atoms with E-state index in [-0.39, 0.29) is 0 Å². The predicted octanol–water partition coefficient (Wildman–Crippen LogP) is 0.435. The van der Waals surface area contributed by atoms with Gasteiger partial charge in [0, 0.05) is 0 Å². The van der Waals surface area contributed by atoms with Gasteiger partial charge in [0.2, 0.25) is 4.52 Å². The maximum absolute atomic E-state index is 5.30. The van der Waals surface area contributed by atoms with Crippen LogP contribution in [0, 0.1) is 0 Å². The molecule has 0 aromatic rings. The normalized spacial score (nSPS) is 12.5. The quantitative estimate of drug-likeness (QED) is 0.384. The molecule has 0 unspecified atom stereocenters. The SMILES string of the molecule is CC(Cl)(Cl)O[SiH3]. The van der Waals surface area contributed by atoms with Crippen molar-refractivity contribution >= 4 is 33.7 Å². The van der Waals surface area contributed by atoms with Crippen LogP contribution >= 0.6 is 23.2 Å². The maximum atomic E-state index is 5.30. The van der Waals surface area contributed by atoms with Crippen LogP contribution in [0.1, 0.15) is 6.92 Å². The Bertz CT molecular complexity index is 41.3. The molecular formula is C2H6Cl2OSi. The third kappa shape index (κ3) is 4.76. The molecular weight excluding hydrogens is 139 g/mol. The summed E-state index contributed by atoms with van der Waals surface area (Å²) in [5.41, 5.74) is 0. The molecule has 0 atom stereocenters. The van der Waals surface area contributed by atoms with Crippen molar-refractivity contribution in [3.8, 4) is 0 Å². The van der Waals surface area contributed by atoms with Gasteiger partial charge in [-0.15, -0.1) is 0 Å². The standard InChI is InChI=1S/C2H6Cl2OSi/c1-2(3,4)5-6/h1,6H3. The lowest BCUT2D eigenvalue weighted by atomic mass is 10.9. The first kappa shape index (κ1) is 6.76. The first-order valence-corrected chi connectivity index (χ1v) is 3.06. The van der Waals surface area contributed by atoms with Crippen LogP contribution in [-0.2, 0) is 4.43 Å². The molecule has 0 saturated heterocycles. The van der Waals surface area contributed by atoms with Gasteiger partial charge in [0.25, 0.3) is 0 Å². The van der Waals surface area contributed by atoms with Crippen LogP contribution in [0.4, 0.5) is 0 Å². The highest BCUT2D eigenvalue weighted by Crippen LogP contribution is 2.18. The lowest BCUT2D eigenvalue weighted by molar-refractivity contribution is 0.290. The Morgan fingerprint density at radius 2 is 1.83 bits per heavy atom. The van der Waals surface area contributed by atoms with Crippen molar-refractivity contribution in [2.45, 2.75) is 11.4 Å². The molecule has 0 heterocycles. The zero-order valence-corrected chi connectivity index (χ0v) is 7.18. The minimum absolute atomic E-state index is 0.584. The summed E-state index contributed by atoms with van der Waals surface area (Å²) >= 11 is 10.6. The molecule has 38 valence electrons. The molecule has 0 fully saturated rings. The lowest BCUT2D eigenvalue weighted by Crippen LogP contribution is -2.08. The van der Waals surface area contributed by atoms with Crippen LogP contribution in [0.2, 0.25) is 0 Å². The lowest BCUT2D eigenvalue weighted by Gasteiger charge is -2.08. The van der Waals surface area contributed by atoms with Crippen LogP contribution in [0.5, 0.6) is 0 Å². The van der Waals surface area contributed by atoms with Crippen LogP contribution in [0.3, 0.4) is 0 Å². The van der Waals surface area contributed by atoms with E-state index in [0.29, 0.717) is 10.5 Å². The van der Waals surface area contributed by atoms with Crippen LogP contribution in [0.15, 0.2) is 0 Å². The average Bonchev–Trinajstić information content (AvgIpc) is 1.35. The van der Waals surface area contributed by atoms with E-state index in [4.69, 9.17) is 23.2 Å². The van der Waals surface area contributed by atoms with Gasteiger partial charge in [0.05, 0.1) is 0 Å². The van der Waals surface area contributed by atoms with E-state index in [2.05, 4.69) is 4.43 Å². The van der Waals surface area contributed by atoms with Crippen LogP contribution < -0.4 is 0 Å². The summed E-state index contributed by atoms with van der Waals surface area (Å²) in [5, 5.41) is 0. The molecule has 0 aliphatic carbocycles. The Morgan fingerprint density at radius 1 is 1.67 bits per heavy atom. The van der Waals surface area contributed by atoms with Gasteiger partial charge < -0.3 is 4.43 Å². The second kappa shape index (κ2) is 2.16. The molecule has 0 N–H and O–H groups in total. The fourth-order valence-electron chi connectivity index (χ4n) is 0. The predicted molar refractivity (Wildman–Crippen MR) is 31.1 cm³/mol. The zero-order chi connectivity index (χ0) is 5.21. The molecule has 0 aromatic carbocycles. The third-order valence-corrected chi connectivity index (χ3v) is 2.00. The van der Waals surface area contributed by atoms with Crippen molar-refractivity contribution < 1.29 is 4.43 Å². The highest BCUT2D eigenvalue weighted by molar-refractivity contribution is 6.47. The smallest absolute Gasteiger partial charge is 0.204 e. The van der Waals surface area contributed by atoms with Crippen LogP contribution in [-0.4, -0.2) is 15.0 Å². The maximum Gasteiger partial charge on any atom is 0.204 e. The highest BCUT2D eigenvalue weighted by atomic mass is 35.5. The van der Waals surface area contributed by atoms with E-state index in [1.807, 2.05) is 0 Å². The zero-order valence-electron chi connectivity index (χ0n) is 3.66. The van der Waals surface area contributed by atoms with Gasteiger partial charge in [-0.05, 0) is 6.92 Å². The van der Waals surface area contributed by atoms with E-state index < -0.39 is 4.52 Å². The number of alkyl halides is 2. The second-order valence-corrected chi connectivity index (χ2v) is 3.06. The van der Waals surface area contributed by atoms with E-state index in [1.54, 1.807) is 6.92 Å². The molecule has 0 saturated carbocycles. The Kier molecular flexibility index (Phi) is 2.44. The Morgan fingerprint density at radius 3 is 1.83 bits per heavy atom. The van der Waals surface area contributed by atoms with Gasteiger partial charge in [-0.25, -0.2) is 0 Å². The fraction of sp³-hybridized carbons (Fsp3) is 1.00. The molecule has 0 aromatic heterocycles. The molecule has 0 aliphatic heterocycles. The second-order valence-electron chi connectivity index (χ2n) is 1.01. The van der Waals surface area contributed by atoms with Crippen molar-refractivity contribution in [2.24, 2.45) is 0 Å². The van der Waals surface area contributed by atoms with Crippen molar-refractivity contribution in [1.29, 1.82) is 0 Å². The first-order valence-electron chi connectivity index (χ1n) is 1.49. The Hall–Kier alpha value is 0.757. The monoisotopic (exact) mass is 144 g/mol. The molecule has 0 bridgehead atoms. The summed E-state index contributed by atoms with van der Waals surface area (Å²) in [6.07, 6.45) is 0. The average molecular weight is 145 g/mol. The van der Waals surface area contributed by atoms with E-state index in [0.717, 1.165) is 0 Å². The first-order chi connectivity index (χ1) is 2.56.